The first kappa shape index (κ1) is 25.8. The second-order valence-electron chi connectivity index (χ2n) is 6.93. The van der Waals surface area contributed by atoms with Gasteiger partial charge in [0.1, 0.15) is 5.76 Å². The van der Waals surface area contributed by atoms with Crippen molar-refractivity contribution < 1.29 is 9.15 Å². The Kier molecular flexibility index (Phi) is 10.7. The van der Waals surface area contributed by atoms with Crippen molar-refractivity contribution in [2.75, 3.05) is 13.7 Å². The molecule has 3 rings (SSSR count). The maximum atomic E-state index is 8.30. The number of pyridine rings is 1. The topological polar surface area (TPSA) is 72.0 Å². The molecule has 0 radical (unpaired) electrons. The molecule has 7 heteroatoms. The van der Waals surface area contributed by atoms with E-state index in [-0.39, 0.29) is 30.7 Å². The fourth-order valence-electron chi connectivity index (χ4n) is 3.25. The van der Waals surface area contributed by atoms with Gasteiger partial charge in [0.15, 0.2) is 0 Å². The predicted molar refractivity (Wildman–Crippen MR) is 126 cm³/mol. The summed E-state index contributed by atoms with van der Waals surface area (Å²) in [6.45, 7) is 4.63. The molecule has 5 nitrogen and oxygen atoms in total. The van der Waals surface area contributed by atoms with Gasteiger partial charge in [-0.3, -0.25) is 4.98 Å². The molecular formula is C23H29Cl2N3O2. The van der Waals surface area contributed by atoms with E-state index in [1.165, 1.54) is 0 Å². The number of benzene rings is 1. The van der Waals surface area contributed by atoms with Gasteiger partial charge in [-0.25, -0.2) is 4.98 Å². The van der Waals surface area contributed by atoms with Crippen molar-refractivity contribution >= 4 is 30.5 Å². The lowest BCUT2D eigenvalue weighted by atomic mass is 9.97. The molecule has 0 fully saturated rings. The molecule has 1 aromatic carbocycles. The van der Waals surface area contributed by atoms with Gasteiger partial charge in [-0.1, -0.05) is 25.1 Å². The highest BCUT2D eigenvalue weighted by molar-refractivity contribution is 5.85. The van der Waals surface area contributed by atoms with Gasteiger partial charge in [-0.05, 0) is 55.5 Å². The lowest BCUT2D eigenvalue weighted by Crippen LogP contribution is -2.18. The van der Waals surface area contributed by atoms with E-state index in [1.54, 1.807) is 13.3 Å². The van der Waals surface area contributed by atoms with E-state index in [1.807, 2.05) is 37.4 Å². The summed E-state index contributed by atoms with van der Waals surface area (Å²) in [5.41, 5.74) is 4.77. The Balaban J connectivity index is 0.00000225. The van der Waals surface area contributed by atoms with Crippen LogP contribution in [0, 0.1) is 18.3 Å². The SMILES string of the molecule is CC[C@H](COC)C(=N)CCc1nc(-c2ccc(-c3cccnc3)cc2)oc1C.Cl.Cl. The van der Waals surface area contributed by atoms with Crippen LogP contribution in [0.1, 0.15) is 31.2 Å². The summed E-state index contributed by atoms with van der Waals surface area (Å²) in [6, 6.07) is 12.1. The van der Waals surface area contributed by atoms with Crippen molar-refractivity contribution in [1.29, 1.82) is 5.41 Å². The van der Waals surface area contributed by atoms with Gasteiger partial charge in [0.05, 0.1) is 12.3 Å². The van der Waals surface area contributed by atoms with E-state index in [9.17, 15) is 0 Å². The molecule has 0 amide bonds. The summed E-state index contributed by atoms with van der Waals surface area (Å²) in [5, 5.41) is 8.30. The summed E-state index contributed by atoms with van der Waals surface area (Å²) in [6.07, 6.45) is 5.92. The van der Waals surface area contributed by atoms with Crippen molar-refractivity contribution in [3.63, 3.8) is 0 Å². The van der Waals surface area contributed by atoms with Crippen LogP contribution in [0.2, 0.25) is 0 Å². The number of nitrogens with zero attached hydrogens (tertiary/aromatic N) is 2. The Bertz CT molecular complexity index is 912. The molecule has 1 N–H and O–H groups in total. The van der Waals surface area contributed by atoms with Crippen molar-refractivity contribution in [2.24, 2.45) is 5.92 Å². The lowest BCUT2D eigenvalue weighted by molar-refractivity contribution is 0.173. The normalized spacial score (nSPS) is 11.3. The quantitative estimate of drug-likeness (QED) is 0.395. The minimum atomic E-state index is 0. The van der Waals surface area contributed by atoms with Crippen molar-refractivity contribution in [1.82, 2.24) is 9.97 Å². The van der Waals surface area contributed by atoms with Gasteiger partial charge < -0.3 is 14.6 Å². The molecule has 0 aliphatic carbocycles. The minimum absolute atomic E-state index is 0. The van der Waals surface area contributed by atoms with E-state index in [4.69, 9.17) is 14.6 Å². The Labute approximate surface area is 190 Å². The third kappa shape index (κ3) is 6.39. The summed E-state index contributed by atoms with van der Waals surface area (Å²) >= 11 is 0. The van der Waals surface area contributed by atoms with Gasteiger partial charge in [0.25, 0.3) is 0 Å². The van der Waals surface area contributed by atoms with Crippen molar-refractivity contribution in [3.05, 3.63) is 60.2 Å². The number of aryl methyl sites for hydroxylation is 2. The maximum absolute atomic E-state index is 8.30. The van der Waals surface area contributed by atoms with Crippen LogP contribution in [0.25, 0.3) is 22.6 Å². The maximum Gasteiger partial charge on any atom is 0.226 e. The van der Waals surface area contributed by atoms with E-state index in [0.717, 1.165) is 34.6 Å². The Morgan fingerprint density at radius 3 is 2.40 bits per heavy atom. The number of oxazole rings is 1. The molecule has 0 bridgehead atoms. The smallest absolute Gasteiger partial charge is 0.226 e. The number of halogens is 2. The molecule has 1 atom stereocenters. The zero-order valence-electron chi connectivity index (χ0n) is 17.6. The third-order valence-electron chi connectivity index (χ3n) is 5.00. The van der Waals surface area contributed by atoms with Crippen molar-refractivity contribution in [2.45, 2.75) is 33.1 Å². The summed E-state index contributed by atoms with van der Waals surface area (Å²) in [7, 11) is 1.68. The van der Waals surface area contributed by atoms with E-state index < -0.39 is 0 Å². The first-order valence-corrected chi connectivity index (χ1v) is 9.65. The van der Waals surface area contributed by atoms with Gasteiger partial charge in [-0.2, -0.15) is 0 Å². The molecule has 0 saturated heterocycles. The van der Waals surface area contributed by atoms with Crippen LogP contribution in [0.5, 0.6) is 0 Å². The minimum Gasteiger partial charge on any atom is -0.441 e. The summed E-state index contributed by atoms with van der Waals surface area (Å²) in [4.78, 5) is 8.84. The zero-order chi connectivity index (χ0) is 19.9. The number of nitrogens with one attached hydrogen (secondary N) is 1. The highest BCUT2D eigenvalue weighted by Crippen LogP contribution is 2.26. The summed E-state index contributed by atoms with van der Waals surface area (Å²) in [5.74, 6) is 1.62. The number of ether oxygens (including phenoxy) is 1. The zero-order valence-corrected chi connectivity index (χ0v) is 19.2. The Morgan fingerprint density at radius 2 is 1.80 bits per heavy atom. The molecule has 0 unspecified atom stereocenters. The largest absolute Gasteiger partial charge is 0.441 e. The second-order valence-corrected chi connectivity index (χ2v) is 6.93. The number of aromatic nitrogens is 2. The van der Waals surface area contributed by atoms with Crippen LogP contribution in [0.3, 0.4) is 0 Å². The number of rotatable bonds is 9. The second kappa shape index (κ2) is 12.5. The molecule has 2 aromatic heterocycles. The third-order valence-corrected chi connectivity index (χ3v) is 5.00. The van der Waals surface area contributed by atoms with Crippen LogP contribution in [-0.2, 0) is 11.2 Å². The average molecular weight is 450 g/mol. The monoisotopic (exact) mass is 449 g/mol. The highest BCUT2D eigenvalue weighted by Gasteiger charge is 2.16. The first-order valence-electron chi connectivity index (χ1n) is 9.65. The van der Waals surface area contributed by atoms with Crippen LogP contribution in [0.15, 0.2) is 53.2 Å². The Morgan fingerprint density at radius 1 is 1.10 bits per heavy atom. The van der Waals surface area contributed by atoms with Crippen LogP contribution < -0.4 is 0 Å². The molecule has 2 heterocycles. The number of hydrogen-bond donors (Lipinski definition) is 1. The molecular weight excluding hydrogens is 421 g/mol. The van der Waals surface area contributed by atoms with Crippen LogP contribution in [0.4, 0.5) is 0 Å². The van der Waals surface area contributed by atoms with Gasteiger partial charge in [0.2, 0.25) is 5.89 Å². The Hall–Kier alpha value is -2.21. The van der Waals surface area contributed by atoms with Gasteiger partial charge >= 0.3 is 0 Å². The fraction of sp³-hybridized carbons (Fsp3) is 0.348. The standard InChI is InChI=1S/C23H27N3O2.2ClH/c1-4-17(15-27-3)21(24)11-12-22-16(2)28-23(26-22)19-9-7-18(8-10-19)20-6-5-13-25-14-20;;/h5-10,13-14,17,24H,4,11-12,15H2,1-3H3;2*1H/t17-;;/m1../s1. The summed E-state index contributed by atoms with van der Waals surface area (Å²) < 4.78 is 11.1. The predicted octanol–water partition coefficient (Wildman–Crippen LogP) is 6.18. The van der Waals surface area contributed by atoms with Crippen LogP contribution in [-0.4, -0.2) is 29.4 Å². The van der Waals surface area contributed by atoms with E-state index >= 15 is 0 Å². The lowest BCUT2D eigenvalue weighted by Gasteiger charge is -2.14. The molecule has 3 aromatic rings. The molecule has 0 aliphatic rings. The van der Waals surface area contributed by atoms with Crippen LogP contribution >= 0.6 is 24.8 Å². The molecule has 162 valence electrons. The average Bonchev–Trinajstić information content (AvgIpc) is 3.11. The number of methoxy groups -OCH3 is 1. The molecule has 30 heavy (non-hydrogen) atoms. The molecule has 0 aliphatic heterocycles. The van der Waals surface area contributed by atoms with E-state index in [2.05, 4.69) is 29.0 Å². The molecule has 0 spiro atoms. The highest BCUT2D eigenvalue weighted by atomic mass is 35.5. The van der Waals surface area contributed by atoms with Crippen molar-refractivity contribution in [3.8, 4) is 22.6 Å². The van der Waals surface area contributed by atoms with E-state index in [0.29, 0.717) is 31.1 Å². The first-order chi connectivity index (χ1) is 13.6. The van der Waals surface area contributed by atoms with Gasteiger partial charge in [0, 0.05) is 36.7 Å². The van der Waals surface area contributed by atoms with Gasteiger partial charge in [-0.15, -0.1) is 24.8 Å². The number of hydrogen-bond acceptors (Lipinski definition) is 5. The molecule has 0 saturated carbocycles. The fourth-order valence-corrected chi connectivity index (χ4v) is 3.25.